The molecule has 0 unspecified atom stereocenters. The first-order valence-corrected chi connectivity index (χ1v) is 12.4. The molecule has 182 valence electrons. The summed E-state index contributed by atoms with van der Waals surface area (Å²) in [5, 5.41) is 7.68. The van der Waals surface area contributed by atoms with E-state index in [2.05, 4.69) is 36.1 Å². The van der Waals surface area contributed by atoms with Crippen LogP contribution in [0.4, 0.5) is 19.0 Å². The van der Waals surface area contributed by atoms with Gasteiger partial charge >= 0.3 is 6.18 Å². The summed E-state index contributed by atoms with van der Waals surface area (Å²) in [6, 6.07) is 8.41. The Morgan fingerprint density at radius 3 is 2.54 bits per heavy atom. The van der Waals surface area contributed by atoms with E-state index >= 15 is 0 Å². The third-order valence-electron chi connectivity index (χ3n) is 6.17. The van der Waals surface area contributed by atoms with Gasteiger partial charge in [0.05, 0.1) is 5.52 Å². The quantitative estimate of drug-likeness (QED) is 0.387. The number of rotatable bonds is 7. The Balaban J connectivity index is 1.24. The molecule has 1 fully saturated rings. The highest BCUT2D eigenvalue weighted by atomic mass is 32.1. The van der Waals surface area contributed by atoms with Gasteiger partial charge in [-0.1, -0.05) is 6.07 Å². The molecule has 5 heterocycles. The van der Waals surface area contributed by atoms with Gasteiger partial charge in [0.2, 0.25) is 0 Å². The van der Waals surface area contributed by atoms with Gasteiger partial charge in [-0.05, 0) is 46.2 Å². The zero-order valence-electron chi connectivity index (χ0n) is 19.0. The van der Waals surface area contributed by atoms with Gasteiger partial charge in [0.1, 0.15) is 11.5 Å². The number of hydrogen-bond acceptors (Lipinski definition) is 7. The highest BCUT2D eigenvalue weighted by Crippen LogP contribution is 2.35. The molecule has 6 nitrogen and oxygen atoms in total. The third kappa shape index (κ3) is 5.61. The number of anilines is 1. The molecule has 0 saturated carbocycles. The van der Waals surface area contributed by atoms with Crippen LogP contribution in [-0.2, 0) is 12.7 Å². The van der Waals surface area contributed by atoms with Crippen molar-refractivity contribution in [1.82, 2.24) is 24.8 Å². The van der Waals surface area contributed by atoms with E-state index in [1.54, 1.807) is 12.4 Å². The molecule has 0 spiro atoms. The molecule has 0 amide bonds. The maximum Gasteiger partial charge on any atom is 0.433 e. The van der Waals surface area contributed by atoms with Crippen LogP contribution in [0.2, 0.25) is 0 Å². The first-order chi connectivity index (χ1) is 17.0. The van der Waals surface area contributed by atoms with Crippen molar-refractivity contribution in [1.29, 1.82) is 0 Å². The fourth-order valence-electron chi connectivity index (χ4n) is 4.30. The molecule has 4 aromatic rings. The van der Waals surface area contributed by atoms with Crippen molar-refractivity contribution in [3.63, 3.8) is 0 Å². The molecule has 0 bridgehead atoms. The lowest BCUT2D eigenvalue weighted by Gasteiger charge is -2.34. The topological polar surface area (TPSA) is 57.2 Å². The van der Waals surface area contributed by atoms with Crippen LogP contribution in [0, 0.1) is 0 Å². The minimum absolute atomic E-state index is 0.305. The Morgan fingerprint density at radius 2 is 1.83 bits per heavy atom. The summed E-state index contributed by atoms with van der Waals surface area (Å²) in [6.07, 6.45) is 0.796. The fourth-order valence-corrected chi connectivity index (χ4v) is 4.95. The number of nitrogens with zero attached hydrogens (tertiary/aromatic N) is 5. The number of piperazine rings is 1. The van der Waals surface area contributed by atoms with E-state index in [1.807, 2.05) is 29.1 Å². The van der Waals surface area contributed by atoms with E-state index < -0.39 is 11.9 Å². The molecule has 1 aliphatic heterocycles. The molecular weight excluding hydrogens is 473 g/mol. The van der Waals surface area contributed by atoms with Crippen molar-refractivity contribution >= 4 is 28.1 Å². The molecule has 1 aliphatic rings. The lowest BCUT2D eigenvalue weighted by atomic mass is 10.1. The lowest BCUT2D eigenvalue weighted by Crippen LogP contribution is -2.47. The van der Waals surface area contributed by atoms with Crippen molar-refractivity contribution in [3.8, 4) is 11.1 Å². The van der Waals surface area contributed by atoms with Gasteiger partial charge < -0.3 is 5.32 Å². The summed E-state index contributed by atoms with van der Waals surface area (Å²) in [7, 11) is 0. The molecule has 10 heteroatoms. The second kappa shape index (κ2) is 10.3. The van der Waals surface area contributed by atoms with E-state index in [9.17, 15) is 13.2 Å². The Kier molecular flexibility index (Phi) is 6.94. The van der Waals surface area contributed by atoms with Gasteiger partial charge in [0.15, 0.2) is 0 Å². The monoisotopic (exact) mass is 498 g/mol. The Labute approximate surface area is 205 Å². The number of aromatic nitrogens is 3. The number of thiophene rings is 1. The van der Waals surface area contributed by atoms with Crippen LogP contribution in [0.15, 0.2) is 59.7 Å². The van der Waals surface area contributed by atoms with E-state index in [1.165, 1.54) is 23.0 Å². The van der Waals surface area contributed by atoms with Crippen LogP contribution < -0.4 is 5.32 Å². The normalized spacial score (nSPS) is 15.5. The summed E-state index contributed by atoms with van der Waals surface area (Å²) in [4.78, 5) is 17.5. The molecule has 4 aromatic heterocycles. The second-order valence-corrected chi connectivity index (χ2v) is 9.31. The van der Waals surface area contributed by atoms with Gasteiger partial charge in [-0.15, -0.1) is 0 Å². The summed E-state index contributed by atoms with van der Waals surface area (Å²) in [5.74, 6) is 0.551. The molecule has 1 saturated heterocycles. The number of nitrogens with one attached hydrogen (secondary N) is 1. The van der Waals surface area contributed by atoms with Crippen molar-refractivity contribution in [3.05, 3.63) is 70.9 Å². The van der Waals surface area contributed by atoms with E-state index in [-0.39, 0.29) is 0 Å². The lowest BCUT2D eigenvalue weighted by molar-refractivity contribution is -0.140. The zero-order valence-corrected chi connectivity index (χ0v) is 19.8. The number of hydrogen-bond donors (Lipinski definition) is 1. The highest BCUT2D eigenvalue weighted by molar-refractivity contribution is 7.08. The second-order valence-electron chi connectivity index (χ2n) is 8.53. The number of fused-ring (bicyclic) bond motifs is 1. The summed E-state index contributed by atoms with van der Waals surface area (Å²) < 4.78 is 40.0. The first kappa shape index (κ1) is 23.7. The number of halogens is 3. The van der Waals surface area contributed by atoms with Crippen LogP contribution >= 0.6 is 11.3 Å². The van der Waals surface area contributed by atoms with Crippen LogP contribution in [0.25, 0.3) is 22.0 Å². The fraction of sp³-hybridized carbons (Fsp3) is 0.320. The average Bonchev–Trinajstić information content (AvgIpc) is 3.40. The van der Waals surface area contributed by atoms with Gasteiger partial charge in [0, 0.05) is 75.4 Å². The highest BCUT2D eigenvalue weighted by Gasteiger charge is 2.33. The Morgan fingerprint density at radius 1 is 1.00 bits per heavy atom. The van der Waals surface area contributed by atoms with E-state index in [0.29, 0.717) is 28.8 Å². The molecule has 35 heavy (non-hydrogen) atoms. The molecule has 0 radical (unpaired) electrons. The van der Waals surface area contributed by atoms with Crippen molar-refractivity contribution in [2.24, 2.45) is 0 Å². The van der Waals surface area contributed by atoms with Gasteiger partial charge in [0.25, 0.3) is 0 Å². The van der Waals surface area contributed by atoms with E-state index in [4.69, 9.17) is 0 Å². The van der Waals surface area contributed by atoms with Gasteiger partial charge in [-0.25, -0.2) is 9.97 Å². The van der Waals surface area contributed by atoms with Crippen LogP contribution in [-0.4, -0.2) is 64.0 Å². The number of pyridine rings is 3. The zero-order chi connectivity index (χ0) is 24.3. The van der Waals surface area contributed by atoms with Gasteiger partial charge in [-0.2, -0.15) is 24.5 Å². The summed E-state index contributed by atoms with van der Waals surface area (Å²) in [5.41, 5.74) is 2.04. The SMILES string of the molecule is FC(F)(F)c1ccc2c(NCCN3CCN(Cc4cccnc4)CC3)ncc(-c3ccsc3)c2n1. The van der Waals surface area contributed by atoms with Crippen LogP contribution in [0.3, 0.4) is 0 Å². The number of alkyl halides is 3. The molecule has 1 N–H and O–H groups in total. The van der Waals surface area contributed by atoms with Crippen molar-refractivity contribution in [2.45, 2.75) is 12.7 Å². The predicted molar refractivity (Wildman–Crippen MR) is 132 cm³/mol. The molecule has 0 aliphatic carbocycles. The predicted octanol–water partition coefficient (Wildman–Crippen LogP) is 5.00. The Bertz CT molecular complexity index is 1260. The smallest absolute Gasteiger partial charge is 0.368 e. The van der Waals surface area contributed by atoms with Crippen molar-refractivity contribution < 1.29 is 13.2 Å². The van der Waals surface area contributed by atoms with Crippen molar-refractivity contribution in [2.75, 3.05) is 44.6 Å². The Hall–Kier alpha value is -3.08. The summed E-state index contributed by atoms with van der Waals surface area (Å²) >= 11 is 1.48. The van der Waals surface area contributed by atoms with E-state index in [0.717, 1.165) is 50.9 Å². The van der Waals surface area contributed by atoms with Crippen LogP contribution in [0.1, 0.15) is 11.3 Å². The van der Waals surface area contributed by atoms with Gasteiger partial charge in [-0.3, -0.25) is 14.8 Å². The summed E-state index contributed by atoms with van der Waals surface area (Å²) in [6.45, 7) is 6.26. The molecular formula is C25H25F3N6S. The molecule has 0 atom stereocenters. The molecule has 5 rings (SSSR count). The first-order valence-electron chi connectivity index (χ1n) is 11.4. The minimum Gasteiger partial charge on any atom is -0.368 e. The minimum atomic E-state index is -4.50. The maximum absolute atomic E-state index is 13.3. The van der Waals surface area contributed by atoms with Crippen LogP contribution in [0.5, 0.6) is 0 Å². The largest absolute Gasteiger partial charge is 0.433 e. The third-order valence-corrected chi connectivity index (χ3v) is 6.85. The standard InChI is InChI=1S/C25H25F3N6S/c26-25(27,28)22-4-3-20-23(32-22)21(19-5-13-35-17-19)15-31-24(20)30-7-8-33-9-11-34(12-10-33)16-18-2-1-6-29-14-18/h1-6,13-15,17H,7-12,16H2,(H,30,31). The molecule has 0 aromatic carbocycles. The maximum atomic E-state index is 13.3. The average molecular weight is 499 g/mol.